The first-order valence-electron chi connectivity index (χ1n) is 4.80. The average Bonchev–Trinajstić information content (AvgIpc) is 2.31. The fourth-order valence-electron chi connectivity index (χ4n) is 1.44. The highest BCUT2D eigenvalue weighted by Gasteiger charge is 2.30. The summed E-state index contributed by atoms with van der Waals surface area (Å²) < 4.78 is 50.8. The van der Waals surface area contributed by atoms with Gasteiger partial charge < -0.3 is 4.98 Å². The lowest BCUT2D eigenvalue weighted by Gasteiger charge is -2.08. The van der Waals surface area contributed by atoms with Gasteiger partial charge in [-0.1, -0.05) is 12.1 Å². The van der Waals surface area contributed by atoms with Gasteiger partial charge in [-0.2, -0.15) is 18.2 Å². The van der Waals surface area contributed by atoms with Gasteiger partial charge in [-0.05, 0) is 12.1 Å². The quantitative estimate of drug-likeness (QED) is 0.799. The number of hydrogen-bond donors (Lipinski definition) is 1. The summed E-state index contributed by atoms with van der Waals surface area (Å²) in [7, 11) is 0. The summed E-state index contributed by atoms with van der Waals surface area (Å²) in [6.07, 6.45) is -3.87. The Kier molecular flexibility index (Phi) is 2.90. The fourth-order valence-corrected chi connectivity index (χ4v) is 1.44. The summed E-state index contributed by atoms with van der Waals surface area (Å²) in [4.78, 5) is 16.1. The Hall–Kier alpha value is -2.18. The molecule has 0 fully saturated rings. The van der Waals surface area contributed by atoms with Crippen molar-refractivity contribution in [2.24, 2.45) is 0 Å². The molecule has 0 bridgehead atoms. The number of rotatable bonds is 1. The van der Waals surface area contributed by atoms with Gasteiger partial charge in [-0.25, -0.2) is 9.18 Å². The van der Waals surface area contributed by atoms with Crippen molar-refractivity contribution in [2.45, 2.75) is 6.18 Å². The Morgan fingerprint density at radius 3 is 2.61 bits per heavy atom. The number of halogens is 4. The minimum absolute atomic E-state index is 0.0678. The maximum absolute atomic E-state index is 13.4. The van der Waals surface area contributed by atoms with Crippen molar-refractivity contribution in [3.05, 3.63) is 52.3 Å². The van der Waals surface area contributed by atoms with E-state index in [0.29, 0.717) is 6.20 Å². The molecule has 0 amide bonds. The Labute approximate surface area is 98.1 Å². The molecule has 1 heterocycles. The van der Waals surface area contributed by atoms with Gasteiger partial charge in [0.05, 0.1) is 17.5 Å². The summed E-state index contributed by atoms with van der Waals surface area (Å²) in [6, 6.07) is 4.02. The van der Waals surface area contributed by atoms with Crippen LogP contribution in [0.5, 0.6) is 0 Å². The lowest BCUT2D eigenvalue weighted by molar-refractivity contribution is -0.137. The van der Waals surface area contributed by atoms with Crippen molar-refractivity contribution < 1.29 is 17.6 Å². The Morgan fingerprint density at radius 1 is 1.22 bits per heavy atom. The van der Waals surface area contributed by atoms with Crippen molar-refractivity contribution in [2.75, 3.05) is 0 Å². The minimum Gasteiger partial charge on any atom is -0.303 e. The maximum atomic E-state index is 13.4. The largest absolute Gasteiger partial charge is 0.416 e. The van der Waals surface area contributed by atoms with Crippen LogP contribution in [0.2, 0.25) is 0 Å². The molecule has 0 unspecified atom stereocenters. The van der Waals surface area contributed by atoms with Crippen molar-refractivity contribution in [1.82, 2.24) is 9.97 Å². The normalized spacial score (nSPS) is 11.6. The molecule has 0 aliphatic carbocycles. The van der Waals surface area contributed by atoms with Gasteiger partial charge in [-0.3, -0.25) is 0 Å². The monoisotopic (exact) mass is 258 g/mol. The summed E-state index contributed by atoms with van der Waals surface area (Å²) in [5.41, 5.74) is -2.14. The predicted octanol–water partition coefficient (Wildman–Crippen LogP) is 2.59. The molecule has 94 valence electrons. The van der Waals surface area contributed by atoms with Gasteiger partial charge in [-0.15, -0.1) is 0 Å². The first kappa shape index (κ1) is 12.3. The third-order valence-electron chi connectivity index (χ3n) is 2.24. The Bertz CT molecular complexity index is 633. The van der Waals surface area contributed by atoms with Gasteiger partial charge in [0.25, 0.3) is 0 Å². The van der Waals surface area contributed by atoms with Crippen LogP contribution in [0.25, 0.3) is 11.3 Å². The van der Waals surface area contributed by atoms with E-state index in [1.54, 1.807) is 0 Å². The molecule has 18 heavy (non-hydrogen) atoms. The summed E-state index contributed by atoms with van der Waals surface area (Å²) in [5.74, 6) is -0.895. The predicted molar refractivity (Wildman–Crippen MR) is 55.3 cm³/mol. The maximum Gasteiger partial charge on any atom is 0.416 e. The number of aromatic amines is 1. The molecule has 2 rings (SSSR count). The first-order chi connectivity index (χ1) is 8.38. The number of aromatic nitrogens is 2. The number of nitrogens with one attached hydrogen (secondary N) is 1. The second kappa shape index (κ2) is 4.25. The molecule has 0 spiro atoms. The fraction of sp³-hybridized carbons (Fsp3) is 0.0909. The second-order valence-electron chi connectivity index (χ2n) is 3.49. The molecule has 2 aromatic rings. The zero-order valence-electron chi connectivity index (χ0n) is 8.75. The van der Waals surface area contributed by atoms with Crippen LogP contribution in [0.3, 0.4) is 0 Å². The van der Waals surface area contributed by atoms with E-state index in [0.717, 1.165) is 18.2 Å². The number of hydrogen-bond acceptors (Lipinski definition) is 2. The van der Waals surface area contributed by atoms with Crippen LogP contribution < -0.4 is 5.69 Å². The Morgan fingerprint density at radius 2 is 1.94 bits per heavy atom. The molecule has 0 aliphatic heterocycles. The minimum atomic E-state index is -4.53. The standard InChI is InChI=1S/C11H6F4N2O/c12-8-5-16-10(18)17-9(8)6-2-1-3-7(4-6)11(13,14)15/h1-5H,(H,16,17,18). The van der Waals surface area contributed by atoms with Crippen LogP contribution in [-0.2, 0) is 6.18 Å². The van der Waals surface area contributed by atoms with Crippen molar-refractivity contribution >= 4 is 0 Å². The third-order valence-corrected chi connectivity index (χ3v) is 2.24. The van der Waals surface area contributed by atoms with Crippen LogP contribution >= 0.6 is 0 Å². The van der Waals surface area contributed by atoms with Gasteiger partial charge in [0, 0.05) is 5.56 Å². The SMILES string of the molecule is O=c1ncc(F)c(-c2cccc(C(F)(F)F)c2)[nH]1. The smallest absolute Gasteiger partial charge is 0.303 e. The van der Waals surface area contributed by atoms with Crippen molar-refractivity contribution in [3.8, 4) is 11.3 Å². The van der Waals surface area contributed by atoms with E-state index in [4.69, 9.17) is 0 Å². The highest BCUT2D eigenvalue weighted by molar-refractivity contribution is 5.60. The van der Waals surface area contributed by atoms with E-state index < -0.39 is 23.2 Å². The molecular weight excluding hydrogens is 252 g/mol. The zero-order chi connectivity index (χ0) is 13.3. The van der Waals surface area contributed by atoms with Crippen LogP contribution in [0.4, 0.5) is 17.6 Å². The molecule has 1 aromatic carbocycles. The molecule has 0 atom stereocenters. The van der Waals surface area contributed by atoms with Gasteiger partial charge in [0.2, 0.25) is 0 Å². The molecule has 0 radical (unpaired) electrons. The lowest BCUT2D eigenvalue weighted by atomic mass is 10.1. The number of alkyl halides is 3. The summed E-state index contributed by atoms with van der Waals surface area (Å²) in [5, 5.41) is 0. The summed E-state index contributed by atoms with van der Waals surface area (Å²) in [6.45, 7) is 0. The lowest BCUT2D eigenvalue weighted by Crippen LogP contribution is -2.12. The number of nitrogens with zero attached hydrogens (tertiary/aromatic N) is 1. The van der Waals surface area contributed by atoms with E-state index in [1.807, 2.05) is 0 Å². The topological polar surface area (TPSA) is 45.8 Å². The molecule has 0 saturated heterocycles. The van der Waals surface area contributed by atoms with E-state index >= 15 is 0 Å². The molecule has 3 nitrogen and oxygen atoms in total. The average molecular weight is 258 g/mol. The van der Waals surface area contributed by atoms with Gasteiger partial charge in [0.15, 0.2) is 5.82 Å². The summed E-state index contributed by atoms with van der Waals surface area (Å²) >= 11 is 0. The van der Waals surface area contributed by atoms with Gasteiger partial charge >= 0.3 is 11.9 Å². The zero-order valence-corrected chi connectivity index (χ0v) is 8.75. The van der Waals surface area contributed by atoms with Gasteiger partial charge in [0.1, 0.15) is 0 Å². The first-order valence-corrected chi connectivity index (χ1v) is 4.80. The molecule has 1 aromatic heterocycles. The van der Waals surface area contributed by atoms with Crippen LogP contribution in [0.1, 0.15) is 5.56 Å². The van der Waals surface area contributed by atoms with Crippen LogP contribution in [0.15, 0.2) is 35.3 Å². The van der Waals surface area contributed by atoms with E-state index in [2.05, 4.69) is 9.97 Å². The van der Waals surface area contributed by atoms with Crippen molar-refractivity contribution in [3.63, 3.8) is 0 Å². The number of H-pyrrole nitrogens is 1. The number of benzene rings is 1. The molecule has 1 N–H and O–H groups in total. The second-order valence-corrected chi connectivity index (χ2v) is 3.49. The molecule has 0 saturated carbocycles. The molecule has 7 heteroatoms. The van der Waals surface area contributed by atoms with Crippen LogP contribution in [-0.4, -0.2) is 9.97 Å². The molecule has 0 aliphatic rings. The Balaban J connectivity index is 2.58. The molecular formula is C11H6F4N2O. The van der Waals surface area contributed by atoms with E-state index in [9.17, 15) is 22.4 Å². The van der Waals surface area contributed by atoms with E-state index in [-0.39, 0.29) is 11.3 Å². The highest BCUT2D eigenvalue weighted by Crippen LogP contribution is 2.31. The van der Waals surface area contributed by atoms with Crippen LogP contribution in [0, 0.1) is 5.82 Å². The third kappa shape index (κ3) is 2.39. The highest BCUT2D eigenvalue weighted by atomic mass is 19.4. The van der Waals surface area contributed by atoms with E-state index in [1.165, 1.54) is 6.07 Å². The van der Waals surface area contributed by atoms with Crippen molar-refractivity contribution in [1.29, 1.82) is 0 Å².